The van der Waals surface area contributed by atoms with Gasteiger partial charge in [0.2, 0.25) is 0 Å². The van der Waals surface area contributed by atoms with Gasteiger partial charge >= 0.3 is 7.60 Å². The molecular weight excluding hydrogens is 313 g/mol. The number of halogens is 1. The largest absolute Gasteiger partial charge is 0.462 e. The van der Waals surface area contributed by atoms with Crippen LogP contribution in [0.5, 0.6) is 5.88 Å². The molecule has 0 aliphatic rings. The Labute approximate surface area is 108 Å². The van der Waals surface area contributed by atoms with Crippen molar-refractivity contribution in [3.05, 3.63) is 11.8 Å². The van der Waals surface area contributed by atoms with Crippen LogP contribution in [0, 0.1) is 0 Å². The fourth-order valence-electron chi connectivity index (χ4n) is 1.08. The zero-order chi connectivity index (χ0) is 12.7. The molecule has 8 heteroatoms. The lowest BCUT2D eigenvalue weighted by atomic mass is 10.5. The lowest BCUT2D eigenvalue weighted by Gasteiger charge is -2.16. The smallest absolute Gasteiger partial charge is 0.367 e. The first kappa shape index (κ1) is 14.7. The highest BCUT2D eigenvalue weighted by atomic mass is 79.9. The number of hydrogen-bond acceptors (Lipinski definition) is 6. The zero-order valence-electron chi connectivity index (χ0n) is 9.72. The van der Waals surface area contributed by atoms with E-state index < -0.39 is 7.60 Å². The van der Waals surface area contributed by atoms with Gasteiger partial charge in [-0.1, -0.05) is 15.9 Å². The van der Waals surface area contributed by atoms with Gasteiger partial charge in [-0.05, 0) is 19.0 Å². The fourth-order valence-corrected chi connectivity index (χ4v) is 2.64. The maximum atomic E-state index is 12.0. The van der Waals surface area contributed by atoms with Gasteiger partial charge in [0.25, 0.3) is 5.88 Å². The highest BCUT2D eigenvalue weighted by Gasteiger charge is 2.25. The molecule has 0 aliphatic carbocycles. The first-order valence-electron chi connectivity index (χ1n) is 5.16. The third-order valence-corrected chi connectivity index (χ3v) is 3.99. The molecule has 0 bridgehead atoms. The molecule has 0 unspecified atom stereocenters. The van der Waals surface area contributed by atoms with Crippen molar-refractivity contribution in [3.63, 3.8) is 0 Å². The highest BCUT2D eigenvalue weighted by molar-refractivity contribution is 9.08. The van der Waals surface area contributed by atoms with E-state index in [1.807, 2.05) is 0 Å². The minimum absolute atomic E-state index is 0.178. The third kappa shape index (κ3) is 4.79. The van der Waals surface area contributed by atoms with Gasteiger partial charge in [-0.15, -0.1) is 0 Å². The van der Waals surface area contributed by atoms with E-state index in [0.717, 1.165) is 0 Å². The van der Waals surface area contributed by atoms with Gasteiger partial charge in [0.15, 0.2) is 12.1 Å². The summed E-state index contributed by atoms with van der Waals surface area (Å²) in [6, 6.07) is 1.61. The molecule has 0 spiro atoms. The van der Waals surface area contributed by atoms with E-state index in [-0.39, 0.29) is 12.2 Å². The van der Waals surface area contributed by atoms with E-state index in [4.69, 9.17) is 18.3 Å². The maximum absolute atomic E-state index is 12.0. The molecule has 6 nitrogen and oxygen atoms in total. The van der Waals surface area contributed by atoms with Crippen LogP contribution in [-0.4, -0.2) is 24.7 Å². The van der Waals surface area contributed by atoms with E-state index in [0.29, 0.717) is 24.3 Å². The SMILES string of the molecule is CCOP(=O)(COc1cc(CBr)on1)OCC. The Morgan fingerprint density at radius 2 is 2.06 bits per heavy atom. The van der Waals surface area contributed by atoms with E-state index in [1.54, 1.807) is 19.9 Å². The van der Waals surface area contributed by atoms with Gasteiger partial charge in [0.05, 0.1) is 18.5 Å². The molecule has 98 valence electrons. The summed E-state index contributed by atoms with van der Waals surface area (Å²) in [4.78, 5) is 0. The Hall–Kier alpha value is -0.360. The van der Waals surface area contributed by atoms with Crippen molar-refractivity contribution >= 4 is 23.5 Å². The molecule has 1 aromatic rings. The van der Waals surface area contributed by atoms with Crippen LogP contribution in [0.1, 0.15) is 19.6 Å². The molecule has 1 heterocycles. The first-order valence-corrected chi connectivity index (χ1v) is 8.01. The van der Waals surface area contributed by atoms with E-state index in [1.165, 1.54) is 0 Å². The van der Waals surface area contributed by atoms with Crippen LogP contribution in [0.2, 0.25) is 0 Å². The van der Waals surface area contributed by atoms with Crippen LogP contribution in [0.4, 0.5) is 0 Å². The number of aromatic nitrogens is 1. The van der Waals surface area contributed by atoms with Crippen LogP contribution in [-0.2, 0) is 18.9 Å². The molecule has 0 fully saturated rings. The van der Waals surface area contributed by atoms with Crippen LogP contribution >= 0.6 is 23.5 Å². The minimum atomic E-state index is -3.20. The Kier molecular flexibility index (Phi) is 6.19. The van der Waals surface area contributed by atoms with E-state index >= 15 is 0 Å². The molecule has 0 aromatic carbocycles. The Morgan fingerprint density at radius 3 is 2.53 bits per heavy atom. The molecule has 0 radical (unpaired) electrons. The van der Waals surface area contributed by atoms with Crippen molar-refractivity contribution in [1.29, 1.82) is 0 Å². The van der Waals surface area contributed by atoms with Crippen LogP contribution < -0.4 is 4.74 Å². The Balaban J connectivity index is 2.54. The molecule has 0 saturated heterocycles. The van der Waals surface area contributed by atoms with E-state index in [2.05, 4.69) is 21.1 Å². The van der Waals surface area contributed by atoms with Crippen molar-refractivity contribution in [2.45, 2.75) is 19.2 Å². The van der Waals surface area contributed by atoms with Crippen molar-refractivity contribution in [1.82, 2.24) is 5.16 Å². The summed E-state index contributed by atoms with van der Waals surface area (Å²) in [5.41, 5.74) is 0. The van der Waals surface area contributed by atoms with E-state index in [9.17, 15) is 4.57 Å². The summed E-state index contributed by atoms with van der Waals surface area (Å²) in [7, 11) is -3.20. The summed E-state index contributed by atoms with van der Waals surface area (Å²) in [6.07, 6.45) is -0.178. The number of ether oxygens (including phenoxy) is 1. The summed E-state index contributed by atoms with van der Waals surface area (Å²) >= 11 is 3.22. The Bertz CT molecular complexity index is 373. The topological polar surface area (TPSA) is 70.8 Å². The van der Waals surface area contributed by atoms with Crippen molar-refractivity contribution < 1.29 is 22.9 Å². The summed E-state index contributed by atoms with van der Waals surface area (Å²) in [6.45, 7) is 4.08. The standard InChI is InChI=1S/C9H15BrNO5P/c1-3-14-17(12,15-4-2)7-13-9-5-8(6-10)16-11-9/h5H,3-4,6-7H2,1-2H3. The third-order valence-electron chi connectivity index (χ3n) is 1.69. The number of alkyl halides is 1. The average molecular weight is 328 g/mol. The van der Waals surface area contributed by atoms with Gasteiger partial charge in [0.1, 0.15) is 0 Å². The monoisotopic (exact) mass is 327 g/mol. The second-order valence-corrected chi connectivity index (χ2v) is 5.54. The summed E-state index contributed by atoms with van der Waals surface area (Å²) in [5, 5.41) is 4.19. The van der Waals surface area contributed by atoms with Crippen LogP contribution in [0.25, 0.3) is 0 Å². The fraction of sp³-hybridized carbons (Fsp3) is 0.667. The highest BCUT2D eigenvalue weighted by Crippen LogP contribution is 2.47. The number of nitrogens with zero attached hydrogens (tertiary/aromatic N) is 1. The van der Waals surface area contributed by atoms with Crippen LogP contribution in [0.3, 0.4) is 0 Å². The average Bonchev–Trinajstić information content (AvgIpc) is 2.75. The molecular formula is C9H15BrNO5P. The summed E-state index contributed by atoms with van der Waals surface area (Å²) < 4.78 is 32.3. The minimum Gasteiger partial charge on any atom is -0.462 e. The van der Waals surface area contributed by atoms with Crippen molar-refractivity contribution in [3.8, 4) is 5.88 Å². The first-order chi connectivity index (χ1) is 8.13. The molecule has 1 aromatic heterocycles. The molecule has 0 aliphatic heterocycles. The zero-order valence-corrected chi connectivity index (χ0v) is 12.2. The van der Waals surface area contributed by atoms with Gasteiger partial charge in [0, 0.05) is 6.07 Å². The molecule has 1 rings (SSSR count). The van der Waals surface area contributed by atoms with Gasteiger partial charge < -0.3 is 18.3 Å². The molecule has 0 saturated carbocycles. The number of hydrogen-bond donors (Lipinski definition) is 0. The molecule has 0 amide bonds. The van der Waals surface area contributed by atoms with Gasteiger partial charge in [-0.2, -0.15) is 0 Å². The second-order valence-electron chi connectivity index (χ2n) is 2.98. The Morgan fingerprint density at radius 1 is 1.41 bits per heavy atom. The van der Waals surface area contributed by atoms with Crippen molar-refractivity contribution in [2.24, 2.45) is 0 Å². The van der Waals surface area contributed by atoms with Gasteiger partial charge in [-0.3, -0.25) is 4.57 Å². The predicted molar refractivity (Wildman–Crippen MR) is 65.5 cm³/mol. The van der Waals surface area contributed by atoms with Crippen LogP contribution in [0.15, 0.2) is 10.6 Å². The quantitative estimate of drug-likeness (QED) is 0.539. The second kappa shape index (κ2) is 7.16. The van der Waals surface area contributed by atoms with Gasteiger partial charge in [-0.25, -0.2) is 0 Å². The number of rotatable bonds is 8. The summed E-state index contributed by atoms with van der Waals surface area (Å²) in [5.74, 6) is 0.890. The lowest BCUT2D eigenvalue weighted by molar-refractivity contribution is 0.193. The maximum Gasteiger partial charge on any atom is 0.367 e. The lowest BCUT2D eigenvalue weighted by Crippen LogP contribution is -2.05. The van der Waals surface area contributed by atoms with Crippen molar-refractivity contribution in [2.75, 3.05) is 19.6 Å². The molecule has 0 atom stereocenters. The normalized spacial score (nSPS) is 11.7. The molecule has 0 N–H and O–H groups in total. The molecule has 17 heavy (non-hydrogen) atoms. The predicted octanol–water partition coefficient (Wildman–Crippen LogP) is 3.17.